The Balaban J connectivity index is 1.74. The number of aliphatic hydroxyl groups excluding tert-OH is 1. The number of hydrogen-bond donors (Lipinski definition) is 2. The van der Waals surface area contributed by atoms with Gasteiger partial charge in [-0.2, -0.15) is 0 Å². The number of phenols is 1. The highest BCUT2D eigenvalue weighted by Crippen LogP contribution is 2.66. The van der Waals surface area contributed by atoms with Gasteiger partial charge >= 0.3 is 0 Å². The molecular formula is C32H34O6. The third-order valence-electron chi connectivity index (χ3n) is 9.28. The van der Waals surface area contributed by atoms with Crippen molar-refractivity contribution in [2.75, 3.05) is 7.11 Å². The van der Waals surface area contributed by atoms with E-state index >= 15 is 0 Å². The SMILES string of the molecule is COCc1cccc(-c2ccc(O)c3c2C[C@]2(C)C[C@]4(C)CC(C)=C(C(C)=O)C(=O)[C@@]4(C)C(O)=C2C3=O)c1. The molecule has 38 heavy (non-hydrogen) atoms. The number of aromatic hydroxyl groups is 1. The molecule has 0 heterocycles. The molecule has 3 atom stereocenters. The van der Waals surface area contributed by atoms with Crippen LogP contribution in [0, 0.1) is 16.2 Å². The van der Waals surface area contributed by atoms with E-state index in [2.05, 4.69) is 0 Å². The summed E-state index contributed by atoms with van der Waals surface area (Å²) in [5.74, 6) is -1.66. The van der Waals surface area contributed by atoms with Crippen LogP contribution in [0.3, 0.4) is 0 Å². The summed E-state index contributed by atoms with van der Waals surface area (Å²) in [6.45, 7) is 9.22. The summed E-state index contributed by atoms with van der Waals surface area (Å²) in [4.78, 5) is 40.4. The lowest BCUT2D eigenvalue weighted by molar-refractivity contribution is -0.137. The molecule has 0 bridgehead atoms. The number of aliphatic hydroxyl groups is 1. The van der Waals surface area contributed by atoms with Gasteiger partial charge in [0.2, 0.25) is 0 Å². The number of carbonyl (C=O) groups is 3. The lowest BCUT2D eigenvalue weighted by Gasteiger charge is -2.57. The average Bonchev–Trinajstić information content (AvgIpc) is 2.81. The van der Waals surface area contributed by atoms with Crippen LogP contribution in [-0.2, 0) is 27.4 Å². The van der Waals surface area contributed by atoms with E-state index in [1.807, 2.05) is 51.1 Å². The maximum absolute atomic E-state index is 14.2. The second kappa shape index (κ2) is 8.50. The average molecular weight is 515 g/mol. The Bertz CT molecular complexity index is 1490. The lowest BCUT2D eigenvalue weighted by atomic mass is 9.44. The molecule has 0 spiro atoms. The highest BCUT2D eigenvalue weighted by atomic mass is 16.5. The van der Waals surface area contributed by atoms with Crippen molar-refractivity contribution in [3.63, 3.8) is 0 Å². The van der Waals surface area contributed by atoms with Gasteiger partial charge in [0.15, 0.2) is 17.3 Å². The number of fused-ring (bicyclic) bond motifs is 3. The second-order valence-electron chi connectivity index (χ2n) is 12.0. The summed E-state index contributed by atoms with van der Waals surface area (Å²) in [5, 5.41) is 22.7. The molecule has 198 valence electrons. The Morgan fingerprint density at radius 3 is 2.42 bits per heavy atom. The number of Topliss-reactive ketones (excluding diaryl/α,β-unsaturated/α-hetero) is 3. The van der Waals surface area contributed by atoms with Crippen LogP contribution < -0.4 is 0 Å². The van der Waals surface area contributed by atoms with Crippen LogP contribution in [0.15, 0.2) is 58.9 Å². The predicted molar refractivity (Wildman–Crippen MR) is 144 cm³/mol. The fraction of sp³-hybridized carbons (Fsp3) is 0.406. The zero-order valence-electron chi connectivity index (χ0n) is 22.8. The molecule has 5 rings (SSSR count). The number of allylic oxidation sites excluding steroid dienone is 4. The molecule has 2 aromatic rings. The number of rotatable bonds is 4. The Morgan fingerprint density at radius 1 is 1.05 bits per heavy atom. The smallest absolute Gasteiger partial charge is 0.196 e. The van der Waals surface area contributed by atoms with Gasteiger partial charge in [0.1, 0.15) is 11.5 Å². The van der Waals surface area contributed by atoms with Crippen LogP contribution in [0.1, 0.15) is 68.9 Å². The number of methoxy groups -OCH3 is 1. The molecule has 2 N–H and O–H groups in total. The summed E-state index contributed by atoms with van der Waals surface area (Å²) >= 11 is 0. The highest BCUT2D eigenvalue weighted by Gasteiger charge is 2.65. The van der Waals surface area contributed by atoms with Gasteiger partial charge in [0.05, 0.1) is 23.2 Å². The molecule has 6 heteroatoms. The summed E-state index contributed by atoms with van der Waals surface area (Å²) in [6, 6.07) is 11.2. The summed E-state index contributed by atoms with van der Waals surface area (Å²) in [7, 11) is 1.64. The summed E-state index contributed by atoms with van der Waals surface area (Å²) in [5.41, 5.74) is 1.74. The van der Waals surface area contributed by atoms with Gasteiger partial charge in [-0.25, -0.2) is 0 Å². The summed E-state index contributed by atoms with van der Waals surface area (Å²) < 4.78 is 5.30. The third kappa shape index (κ3) is 3.39. The first-order chi connectivity index (χ1) is 17.8. The predicted octanol–water partition coefficient (Wildman–Crippen LogP) is 6.06. The van der Waals surface area contributed by atoms with E-state index < -0.39 is 27.8 Å². The van der Waals surface area contributed by atoms with Crippen molar-refractivity contribution in [2.45, 2.75) is 60.5 Å². The van der Waals surface area contributed by atoms with Crippen molar-refractivity contribution in [2.24, 2.45) is 16.2 Å². The number of phenolic OH excluding ortho intramolecular Hbond substituents is 1. The van der Waals surface area contributed by atoms with E-state index in [-0.39, 0.29) is 34.0 Å². The number of ether oxygens (including phenoxy) is 1. The normalized spacial score (nSPS) is 28.7. The minimum atomic E-state index is -1.42. The maximum Gasteiger partial charge on any atom is 0.196 e. The molecule has 0 saturated carbocycles. The van der Waals surface area contributed by atoms with Crippen LogP contribution in [0.5, 0.6) is 5.75 Å². The zero-order valence-corrected chi connectivity index (χ0v) is 22.8. The standard InChI is InChI=1S/C32H34O6/c1-17-13-31(4)16-30(3)14-22-21(20-9-7-8-19(12-20)15-38-6)10-11-23(34)25(22)27(35)26(30)29(37)32(31,5)28(36)24(17)18(2)33/h7-12,34,37H,13-16H2,1-6H3/t30-,31+,32+/m1/s1. The fourth-order valence-corrected chi connectivity index (χ4v) is 7.53. The maximum atomic E-state index is 14.2. The van der Waals surface area contributed by atoms with E-state index in [9.17, 15) is 24.6 Å². The topological polar surface area (TPSA) is 101 Å². The van der Waals surface area contributed by atoms with Crippen molar-refractivity contribution < 1.29 is 29.3 Å². The van der Waals surface area contributed by atoms with E-state index in [0.29, 0.717) is 25.9 Å². The van der Waals surface area contributed by atoms with Crippen LogP contribution in [0.2, 0.25) is 0 Å². The Kier molecular flexibility index (Phi) is 5.84. The van der Waals surface area contributed by atoms with Gasteiger partial charge in [0.25, 0.3) is 0 Å². The number of carbonyl (C=O) groups excluding carboxylic acids is 3. The third-order valence-corrected chi connectivity index (χ3v) is 9.28. The molecule has 0 radical (unpaired) electrons. The molecule has 0 fully saturated rings. The number of benzene rings is 2. The van der Waals surface area contributed by atoms with Crippen LogP contribution in [0.25, 0.3) is 11.1 Å². The molecule has 3 aliphatic carbocycles. The fourth-order valence-electron chi connectivity index (χ4n) is 7.53. The minimum Gasteiger partial charge on any atom is -0.511 e. The quantitative estimate of drug-likeness (QED) is 0.481. The Labute approximate surface area is 223 Å². The monoisotopic (exact) mass is 514 g/mol. The molecular weight excluding hydrogens is 480 g/mol. The Morgan fingerprint density at radius 2 is 1.76 bits per heavy atom. The van der Waals surface area contributed by atoms with Gasteiger partial charge in [0, 0.05) is 18.1 Å². The molecule has 0 aromatic heterocycles. The van der Waals surface area contributed by atoms with E-state index in [4.69, 9.17) is 4.74 Å². The van der Waals surface area contributed by atoms with Crippen molar-refractivity contribution in [3.8, 4) is 16.9 Å². The molecule has 0 saturated heterocycles. The lowest BCUT2D eigenvalue weighted by Crippen LogP contribution is -2.57. The number of ketones is 3. The van der Waals surface area contributed by atoms with Crippen LogP contribution in [-0.4, -0.2) is 34.7 Å². The molecule has 2 aromatic carbocycles. The molecule has 0 aliphatic heterocycles. The van der Waals surface area contributed by atoms with Crippen molar-refractivity contribution in [1.29, 1.82) is 0 Å². The minimum absolute atomic E-state index is 0.116. The van der Waals surface area contributed by atoms with E-state index in [1.54, 1.807) is 14.0 Å². The highest BCUT2D eigenvalue weighted by molar-refractivity contribution is 6.24. The number of hydrogen-bond acceptors (Lipinski definition) is 6. The Hall–Kier alpha value is -3.51. The van der Waals surface area contributed by atoms with Crippen LogP contribution in [0.4, 0.5) is 0 Å². The summed E-state index contributed by atoms with van der Waals surface area (Å²) in [6.07, 6.45) is 1.34. The largest absolute Gasteiger partial charge is 0.511 e. The van der Waals surface area contributed by atoms with Crippen molar-refractivity contribution in [1.82, 2.24) is 0 Å². The van der Waals surface area contributed by atoms with E-state index in [1.165, 1.54) is 13.0 Å². The molecule has 3 aliphatic rings. The molecule has 0 unspecified atom stereocenters. The van der Waals surface area contributed by atoms with Crippen molar-refractivity contribution >= 4 is 17.3 Å². The van der Waals surface area contributed by atoms with Gasteiger partial charge in [-0.1, -0.05) is 43.7 Å². The first-order valence-corrected chi connectivity index (χ1v) is 13.0. The van der Waals surface area contributed by atoms with Crippen LogP contribution >= 0.6 is 0 Å². The van der Waals surface area contributed by atoms with Gasteiger partial charge < -0.3 is 14.9 Å². The van der Waals surface area contributed by atoms with Gasteiger partial charge in [-0.05, 0) is 79.8 Å². The van der Waals surface area contributed by atoms with Crippen molar-refractivity contribution in [3.05, 3.63) is 75.6 Å². The molecule has 6 nitrogen and oxygen atoms in total. The first kappa shape index (κ1) is 26.1. The second-order valence-corrected chi connectivity index (χ2v) is 12.0. The zero-order chi connectivity index (χ0) is 27.8. The molecule has 0 amide bonds. The van der Waals surface area contributed by atoms with E-state index in [0.717, 1.165) is 27.8 Å². The first-order valence-electron chi connectivity index (χ1n) is 13.0. The van der Waals surface area contributed by atoms with Gasteiger partial charge in [-0.15, -0.1) is 0 Å². The van der Waals surface area contributed by atoms with Gasteiger partial charge in [-0.3, -0.25) is 14.4 Å².